The largest absolute Gasteiger partial charge is 0.456 e. The number of ketones is 1. The maximum Gasteiger partial charge on any atom is 0.325 e. The van der Waals surface area contributed by atoms with E-state index in [4.69, 9.17) is 4.74 Å². The molecule has 12 heteroatoms. The number of nitro benzene ring substituents is 1. The number of nitro groups is 1. The molecule has 1 aliphatic heterocycles. The lowest BCUT2D eigenvalue weighted by atomic mass is 10.1. The van der Waals surface area contributed by atoms with Gasteiger partial charge in [-0.2, -0.15) is 4.31 Å². The lowest BCUT2D eigenvalue weighted by Gasteiger charge is -2.15. The fourth-order valence-corrected chi connectivity index (χ4v) is 4.70. The molecule has 0 aliphatic carbocycles. The average Bonchev–Trinajstić information content (AvgIpc) is 3.37. The number of carbonyl (C=O) groups is 3. The number of Topliss-reactive ketones (excluding diaryl/α,β-unsaturated/α-hetero) is 1. The molecule has 0 bridgehead atoms. The Morgan fingerprint density at radius 2 is 1.70 bits per heavy atom. The van der Waals surface area contributed by atoms with Gasteiger partial charge in [0.05, 0.1) is 9.82 Å². The van der Waals surface area contributed by atoms with Gasteiger partial charge in [-0.1, -0.05) is 6.07 Å². The minimum absolute atomic E-state index is 0.00273. The van der Waals surface area contributed by atoms with Gasteiger partial charge in [0.15, 0.2) is 12.4 Å². The topological polar surface area (TPSA) is 153 Å². The van der Waals surface area contributed by atoms with Crippen molar-refractivity contribution in [3.05, 3.63) is 69.8 Å². The van der Waals surface area contributed by atoms with E-state index < -0.39 is 45.8 Å². The van der Waals surface area contributed by atoms with E-state index >= 15 is 0 Å². The molecule has 2 aromatic rings. The molecule has 1 heterocycles. The molecule has 0 saturated carbocycles. The van der Waals surface area contributed by atoms with E-state index in [1.54, 1.807) is 0 Å². The first-order chi connectivity index (χ1) is 15.7. The van der Waals surface area contributed by atoms with E-state index in [1.807, 2.05) is 0 Å². The molecule has 1 amide bonds. The van der Waals surface area contributed by atoms with Crippen LogP contribution in [0.3, 0.4) is 0 Å². The normalized spacial score (nSPS) is 13.9. The van der Waals surface area contributed by atoms with Crippen molar-refractivity contribution in [1.29, 1.82) is 0 Å². The molecular weight excluding hydrogens is 454 g/mol. The number of hydrogen-bond acceptors (Lipinski definition) is 8. The molecule has 33 heavy (non-hydrogen) atoms. The number of rotatable bonds is 9. The minimum Gasteiger partial charge on any atom is -0.456 e. The van der Waals surface area contributed by atoms with E-state index in [2.05, 4.69) is 5.32 Å². The number of nitrogens with zero attached hydrogens (tertiary/aromatic N) is 2. The van der Waals surface area contributed by atoms with Crippen LogP contribution >= 0.6 is 0 Å². The van der Waals surface area contributed by atoms with Crippen molar-refractivity contribution in [2.24, 2.45) is 0 Å². The monoisotopic (exact) mass is 475 g/mol. The molecule has 0 aromatic heterocycles. The summed E-state index contributed by atoms with van der Waals surface area (Å²) in [5.74, 6) is -2.13. The third-order valence-corrected chi connectivity index (χ3v) is 6.87. The number of ether oxygens (including phenoxy) is 1. The summed E-state index contributed by atoms with van der Waals surface area (Å²) in [6, 6.07) is 10.4. The molecule has 1 aliphatic rings. The van der Waals surface area contributed by atoms with Crippen molar-refractivity contribution in [1.82, 2.24) is 9.62 Å². The lowest BCUT2D eigenvalue weighted by Crippen LogP contribution is -2.31. The molecule has 2 aromatic carbocycles. The number of carbonyl (C=O) groups excluding carboxylic acids is 3. The number of non-ortho nitro benzene ring substituents is 1. The van der Waals surface area contributed by atoms with Crippen LogP contribution in [0, 0.1) is 10.1 Å². The van der Waals surface area contributed by atoms with E-state index in [-0.39, 0.29) is 21.7 Å². The zero-order valence-corrected chi connectivity index (χ0v) is 18.2. The van der Waals surface area contributed by atoms with Crippen LogP contribution in [0.1, 0.15) is 33.6 Å². The number of esters is 1. The molecular formula is C21H21N3O8S. The van der Waals surface area contributed by atoms with Gasteiger partial charge in [-0.15, -0.1) is 0 Å². The highest BCUT2D eigenvalue weighted by Gasteiger charge is 2.27. The summed E-state index contributed by atoms with van der Waals surface area (Å²) in [5.41, 5.74) is -0.101. The van der Waals surface area contributed by atoms with Crippen molar-refractivity contribution in [3.8, 4) is 0 Å². The highest BCUT2D eigenvalue weighted by molar-refractivity contribution is 7.89. The lowest BCUT2D eigenvalue weighted by molar-refractivity contribution is -0.384. The molecule has 174 valence electrons. The Hall–Kier alpha value is -3.64. The summed E-state index contributed by atoms with van der Waals surface area (Å²) in [6.45, 7) is -0.196. The van der Waals surface area contributed by atoms with Gasteiger partial charge in [0.25, 0.3) is 11.6 Å². The molecule has 11 nitrogen and oxygen atoms in total. The zero-order valence-electron chi connectivity index (χ0n) is 17.4. The van der Waals surface area contributed by atoms with Gasteiger partial charge in [0, 0.05) is 36.3 Å². The maximum absolute atomic E-state index is 12.5. The highest BCUT2D eigenvalue weighted by atomic mass is 32.2. The third-order valence-electron chi connectivity index (χ3n) is 4.96. The first kappa shape index (κ1) is 24.0. The standard InChI is InChI=1S/C21H21N3O8S/c25-19(15-6-8-18(9-7-15)33(30,31)23-10-1-2-11-23)14-32-20(26)13-22-21(27)16-4-3-5-17(12-16)24(28)29/h3-9,12H,1-2,10-11,13-14H2,(H,22,27). The first-order valence-corrected chi connectivity index (χ1v) is 11.4. The average molecular weight is 475 g/mol. The quantitative estimate of drug-likeness (QED) is 0.248. The van der Waals surface area contributed by atoms with Crippen molar-refractivity contribution in [3.63, 3.8) is 0 Å². The van der Waals surface area contributed by atoms with Crippen LogP contribution in [0.2, 0.25) is 0 Å². The molecule has 0 atom stereocenters. The Balaban J connectivity index is 1.49. The van der Waals surface area contributed by atoms with Crippen LogP contribution in [0.15, 0.2) is 53.4 Å². The molecule has 1 N–H and O–H groups in total. The smallest absolute Gasteiger partial charge is 0.325 e. The summed E-state index contributed by atoms with van der Waals surface area (Å²) < 4.78 is 31.3. The summed E-state index contributed by atoms with van der Waals surface area (Å²) in [4.78, 5) is 46.3. The van der Waals surface area contributed by atoms with Crippen LogP contribution in [0.25, 0.3) is 0 Å². The summed E-state index contributed by atoms with van der Waals surface area (Å²) >= 11 is 0. The molecule has 3 rings (SSSR count). The van der Waals surface area contributed by atoms with Gasteiger partial charge in [-0.25, -0.2) is 8.42 Å². The van der Waals surface area contributed by atoms with E-state index in [0.717, 1.165) is 18.9 Å². The minimum atomic E-state index is -3.59. The first-order valence-electron chi connectivity index (χ1n) is 10.00. The molecule has 0 spiro atoms. The van der Waals surface area contributed by atoms with Crippen LogP contribution in [0.5, 0.6) is 0 Å². The summed E-state index contributed by atoms with van der Waals surface area (Å²) in [6.07, 6.45) is 1.62. The summed E-state index contributed by atoms with van der Waals surface area (Å²) in [5, 5.41) is 13.0. The van der Waals surface area contributed by atoms with E-state index in [0.29, 0.717) is 13.1 Å². The molecule has 0 radical (unpaired) electrons. The molecule has 1 saturated heterocycles. The number of benzene rings is 2. The van der Waals surface area contributed by atoms with Crippen LogP contribution in [-0.4, -0.2) is 61.5 Å². The van der Waals surface area contributed by atoms with Crippen LogP contribution < -0.4 is 5.32 Å². The van der Waals surface area contributed by atoms with Crippen molar-refractivity contribution < 1.29 is 32.5 Å². The Kier molecular flexibility index (Phi) is 7.51. The second kappa shape index (κ2) is 10.3. The highest BCUT2D eigenvalue weighted by Crippen LogP contribution is 2.21. The second-order valence-corrected chi connectivity index (χ2v) is 9.15. The van der Waals surface area contributed by atoms with Gasteiger partial charge in [-0.05, 0) is 43.2 Å². The second-order valence-electron chi connectivity index (χ2n) is 7.21. The van der Waals surface area contributed by atoms with Crippen LogP contribution in [-0.2, 0) is 19.6 Å². The van der Waals surface area contributed by atoms with Gasteiger partial charge in [0.1, 0.15) is 6.54 Å². The number of amides is 1. The Labute approximate surface area is 189 Å². The van der Waals surface area contributed by atoms with Crippen molar-refractivity contribution in [2.75, 3.05) is 26.2 Å². The Morgan fingerprint density at radius 3 is 2.33 bits per heavy atom. The number of hydrogen-bond donors (Lipinski definition) is 1. The zero-order chi connectivity index (χ0) is 24.0. The molecule has 0 unspecified atom stereocenters. The predicted molar refractivity (Wildman–Crippen MR) is 115 cm³/mol. The van der Waals surface area contributed by atoms with E-state index in [1.165, 1.54) is 46.8 Å². The Bertz CT molecular complexity index is 1170. The van der Waals surface area contributed by atoms with Crippen LogP contribution in [0.4, 0.5) is 5.69 Å². The van der Waals surface area contributed by atoms with Gasteiger partial charge in [-0.3, -0.25) is 24.5 Å². The number of nitrogens with one attached hydrogen (secondary N) is 1. The molecule has 1 fully saturated rings. The van der Waals surface area contributed by atoms with Crippen molar-refractivity contribution >= 4 is 33.4 Å². The predicted octanol–water partition coefficient (Wildman–Crippen LogP) is 1.54. The fraction of sp³-hybridized carbons (Fsp3) is 0.286. The van der Waals surface area contributed by atoms with Gasteiger partial charge < -0.3 is 10.1 Å². The SMILES string of the molecule is O=C(CNC(=O)c1cccc([N+](=O)[O-])c1)OCC(=O)c1ccc(S(=O)(=O)N2CCCC2)cc1. The van der Waals surface area contributed by atoms with Gasteiger partial charge in [0.2, 0.25) is 10.0 Å². The maximum atomic E-state index is 12.5. The number of sulfonamides is 1. The van der Waals surface area contributed by atoms with E-state index in [9.17, 15) is 32.9 Å². The van der Waals surface area contributed by atoms with Crippen molar-refractivity contribution in [2.45, 2.75) is 17.7 Å². The Morgan fingerprint density at radius 1 is 1.03 bits per heavy atom. The van der Waals surface area contributed by atoms with Gasteiger partial charge >= 0.3 is 5.97 Å². The summed E-state index contributed by atoms with van der Waals surface area (Å²) in [7, 11) is -3.59. The fourth-order valence-electron chi connectivity index (χ4n) is 3.19. The third kappa shape index (κ3) is 5.99.